The van der Waals surface area contributed by atoms with Crippen molar-refractivity contribution in [3.8, 4) is 5.75 Å². The van der Waals surface area contributed by atoms with E-state index in [1.807, 2.05) is 12.1 Å². The summed E-state index contributed by atoms with van der Waals surface area (Å²) in [5, 5.41) is 20.9. The van der Waals surface area contributed by atoms with E-state index in [2.05, 4.69) is 6.92 Å². The standard InChI is InChI=1S/C20H26O4/c1-20-10-16(22)18-13-5-3-12(21)8-11(13)2-4-14(18)15(20)9-17-19(20)24-7-6-23-17/h3,5,8,14-19,21-22H,2,4,6-7,9-10H2,1H3/t14-,15-,16-,17?,18+,19?,20-/m0/s1. The van der Waals surface area contributed by atoms with Crippen LogP contribution >= 0.6 is 0 Å². The highest BCUT2D eigenvalue weighted by Crippen LogP contribution is 2.62. The van der Waals surface area contributed by atoms with Gasteiger partial charge in [0.15, 0.2) is 0 Å². The summed E-state index contributed by atoms with van der Waals surface area (Å²) in [7, 11) is 0. The molecule has 130 valence electrons. The van der Waals surface area contributed by atoms with Gasteiger partial charge >= 0.3 is 0 Å². The Bertz CT molecular complexity index is 659. The predicted octanol–water partition coefficient (Wildman–Crippen LogP) is 2.61. The number of ether oxygens (including phenoxy) is 2. The van der Waals surface area contributed by atoms with Gasteiger partial charge in [0.05, 0.1) is 31.5 Å². The molecule has 4 aliphatic rings. The first kappa shape index (κ1) is 15.2. The Morgan fingerprint density at radius 3 is 2.92 bits per heavy atom. The summed E-state index contributed by atoms with van der Waals surface area (Å²) in [6, 6.07) is 5.68. The topological polar surface area (TPSA) is 58.9 Å². The van der Waals surface area contributed by atoms with E-state index in [0.29, 0.717) is 30.8 Å². The van der Waals surface area contributed by atoms with Crippen molar-refractivity contribution in [1.82, 2.24) is 0 Å². The zero-order chi connectivity index (χ0) is 16.5. The molecule has 1 aliphatic heterocycles. The van der Waals surface area contributed by atoms with Crippen LogP contribution in [0.15, 0.2) is 18.2 Å². The lowest BCUT2D eigenvalue weighted by molar-refractivity contribution is -0.171. The van der Waals surface area contributed by atoms with Crippen LogP contribution in [-0.2, 0) is 15.9 Å². The van der Waals surface area contributed by atoms with Crippen molar-refractivity contribution in [3.05, 3.63) is 29.3 Å². The number of aromatic hydroxyl groups is 1. The summed E-state index contributed by atoms with van der Waals surface area (Å²) in [5.41, 5.74) is 2.47. The van der Waals surface area contributed by atoms with Crippen LogP contribution in [0.2, 0.25) is 0 Å². The summed E-state index contributed by atoms with van der Waals surface area (Å²) < 4.78 is 12.1. The first-order chi connectivity index (χ1) is 11.6. The molecule has 0 aromatic heterocycles. The van der Waals surface area contributed by atoms with E-state index < -0.39 is 0 Å². The van der Waals surface area contributed by atoms with Crippen molar-refractivity contribution >= 4 is 0 Å². The number of rotatable bonds is 0. The maximum absolute atomic E-state index is 11.1. The highest BCUT2D eigenvalue weighted by atomic mass is 16.6. The summed E-state index contributed by atoms with van der Waals surface area (Å²) >= 11 is 0. The lowest BCUT2D eigenvalue weighted by atomic mass is 9.54. The van der Waals surface area contributed by atoms with E-state index in [9.17, 15) is 10.2 Å². The molecule has 1 aromatic rings. The fraction of sp³-hybridized carbons (Fsp3) is 0.700. The molecule has 2 N–H and O–H groups in total. The van der Waals surface area contributed by atoms with Crippen LogP contribution in [0.1, 0.15) is 43.2 Å². The monoisotopic (exact) mass is 330 g/mol. The number of aliphatic hydroxyl groups excluding tert-OH is 1. The van der Waals surface area contributed by atoms with Gasteiger partial charge in [-0.2, -0.15) is 0 Å². The van der Waals surface area contributed by atoms with Gasteiger partial charge in [0.1, 0.15) is 5.75 Å². The van der Waals surface area contributed by atoms with E-state index in [1.54, 1.807) is 6.07 Å². The van der Waals surface area contributed by atoms with Gasteiger partial charge in [-0.1, -0.05) is 13.0 Å². The summed E-state index contributed by atoms with van der Waals surface area (Å²) in [4.78, 5) is 0. The summed E-state index contributed by atoms with van der Waals surface area (Å²) in [5.74, 6) is 1.54. The van der Waals surface area contributed by atoms with Crippen LogP contribution in [-0.4, -0.2) is 41.7 Å². The Labute approximate surface area is 142 Å². The van der Waals surface area contributed by atoms with Crippen molar-refractivity contribution in [2.45, 2.75) is 56.8 Å². The van der Waals surface area contributed by atoms with Crippen LogP contribution in [0.5, 0.6) is 5.75 Å². The first-order valence-corrected chi connectivity index (χ1v) is 9.31. The van der Waals surface area contributed by atoms with Crippen molar-refractivity contribution in [1.29, 1.82) is 0 Å². The highest BCUT2D eigenvalue weighted by molar-refractivity contribution is 5.41. The lowest BCUT2D eigenvalue weighted by Gasteiger charge is -2.52. The minimum atomic E-state index is -0.343. The molecule has 1 heterocycles. The fourth-order valence-corrected chi connectivity index (χ4v) is 6.43. The average Bonchev–Trinajstić information content (AvgIpc) is 2.87. The molecule has 24 heavy (non-hydrogen) atoms. The van der Waals surface area contributed by atoms with E-state index >= 15 is 0 Å². The van der Waals surface area contributed by atoms with Crippen LogP contribution < -0.4 is 0 Å². The molecule has 0 bridgehead atoms. The summed E-state index contributed by atoms with van der Waals surface area (Å²) in [6.07, 6.45) is 3.89. The zero-order valence-corrected chi connectivity index (χ0v) is 14.1. The minimum Gasteiger partial charge on any atom is -0.508 e. The van der Waals surface area contributed by atoms with E-state index in [-0.39, 0.29) is 29.6 Å². The Balaban J connectivity index is 1.54. The number of benzene rings is 1. The van der Waals surface area contributed by atoms with Crippen LogP contribution in [0.25, 0.3) is 0 Å². The number of hydrogen-bond acceptors (Lipinski definition) is 4. The molecule has 1 aromatic carbocycles. The molecule has 2 unspecified atom stereocenters. The molecular weight excluding hydrogens is 304 g/mol. The van der Waals surface area contributed by atoms with Crippen molar-refractivity contribution in [3.63, 3.8) is 0 Å². The lowest BCUT2D eigenvalue weighted by Crippen LogP contribution is -2.52. The molecule has 4 heteroatoms. The molecular formula is C20H26O4. The molecule has 0 radical (unpaired) electrons. The third-order valence-electron chi connectivity index (χ3n) is 7.31. The van der Waals surface area contributed by atoms with Crippen molar-refractivity contribution < 1.29 is 19.7 Å². The predicted molar refractivity (Wildman–Crippen MR) is 89.0 cm³/mol. The van der Waals surface area contributed by atoms with Crippen LogP contribution in [0, 0.1) is 17.3 Å². The maximum Gasteiger partial charge on any atom is 0.115 e. The minimum absolute atomic E-state index is 0.0140. The SMILES string of the molecule is C[C@]12C[C@H](O)[C@@H]3c4ccc(O)cc4CC[C@H]3[C@@H]1CC1OCCOC12. The third kappa shape index (κ3) is 1.97. The van der Waals surface area contributed by atoms with Gasteiger partial charge in [0.25, 0.3) is 0 Å². The summed E-state index contributed by atoms with van der Waals surface area (Å²) in [6.45, 7) is 3.68. The van der Waals surface area contributed by atoms with Gasteiger partial charge in [-0.3, -0.25) is 0 Å². The van der Waals surface area contributed by atoms with Gasteiger partial charge in [-0.05, 0) is 60.8 Å². The van der Waals surface area contributed by atoms with Gasteiger partial charge in [-0.25, -0.2) is 0 Å². The molecule has 5 rings (SSSR count). The second-order valence-corrected chi connectivity index (χ2v) is 8.43. The number of hydrogen-bond donors (Lipinski definition) is 2. The Kier molecular flexibility index (Phi) is 3.29. The van der Waals surface area contributed by atoms with E-state index in [4.69, 9.17) is 9.47 Å². The van der Waals surface area contributed by atoms with E-state index in [0.717, 1.165) is 25.7 Å². The molecule has 1 saturated heterocycles. The van der Waals surface area contributed by atoms with Crippen LogP contribution in [0.4, 0.5) is 0 Å². The normalized spacial score (nSPS) is 46.6. The fourth-order valence-electron chi connectivity index (χ4n) is 6.43. The number of aryl methyl sites for hydroxylation is 1. The molecule has 4 nitrogen and oxygen atoms in total. The average molecular weight is 330 g/mol. The Hall–Kier alpha value is -1.10. The number of phenols is 1. The number of aliphatic hydroxyl groups is 1. The van der Waals surface area contributed by atoms with Gasteiger partial charge in [-0.15, -0.1) is 0 Å². The smallest absolute Gasteiger partial charge is 0.115 e. The maximum atomic E-state index is 11.1. The van der Waals surface area contributed by atoms with Gasteiger partial charge in [0.2, 0.25) is 0 Å². The molecule has 0 spiro atoms. The second-order valence-electron chi connectivity index (χ2n) is 8.43. The number of phenolic OH excluding ortho intramolecular Hbond substituents is 1. The molecule has 2 saturated carbocycles. The molecule has 7 atom stereocenters. The third-order valence-corrected chi connectivity index (χ3v) is 7.31. The van der Waals surface area contributed by atoms with E-state index in [1.165, 1.54) is 11.1 Å². The highest BCUT2D eigenvalue weighted by Gasteiger charge is 2.62. The largest absolute Gasteiger partial charge is 0.508 e. The van der Waals surface area contributed by atoms with Crippen molar-refractivity contribution in [2.75, 3.05) is 13.2 Å². The molecule has 0 amide bonds. The van der Waals surface area contributed by atoms with Gasteiger partial charge < -0.3 is 19.7 Å². The number of fused-ring (bicyclic) bond motifs is 7. The Morgan fingerprint density at radius 2 is 2.04 bits per heavy atom. The van der Waals surface area contributed by atoms with Crippen molar-refractivity contribution in [2.24, 2.45) is 17.3 Å². The van der Waals surface area contributed by atoms with Gasteiger partial charge in [0, 0.05) is 11.3 Å². The van der Waals surface area contributed by atoms with Crippen LogP contribution in [0.3, 0.4) is 0 Å². The molecule has 3 aliphatic carbocycles. The Morgan fingerprint density at radius 1 is 1.21 bits per heavy atom. The zero-order valence-electron chi connectivity index (χ0n) is 14.1. The second kappa shape index (κ2) is 5.20. The first-order valence-electron chi connectivity index (χ1n) is 9.31. The quantitative estimate of drug-likeness (QED) is 0.768. The molecule has 3 fully saturated rings.